The van der Waals surface area contributed by atoms with Gasteiger partial charge in [0, 0.05) is 6.04 Å². The van der Waals surface area contributed by atoms with E-state index in [-0.39, 0.29) is 29.2 Å². The molecule has 1 aromatic rings. The minimum atomic E-state index is -3.57. The van der Waals surface area contributed by atoms with Crippen LogP contribution < -0.4 is 4.72 Å². The van der Waals surface area contributed by atoms with Gasteiger partial charge in [-0.15, -0.1) is 0 Å². The van der Waals surface area contributed by atoms with Crippen molar-refractivity contribution in [1.29, 1.82) is 0 Å². The first-order valence-corrected chi connectivity index (χ1v) is 9.61. The first kappa shape index (κ1) is 20.4. The fraction of sp³-hybridized carbons (Fsp3) is 0.500. The molecule has 0 saturated heterocycles. The monoisotopic (exact) mass is 353 g/mol. The van der Waals surface area contributed by atoms with Crippen LogP contribution in [-0.4, -0.2) is 27.5 Å². The van der Waals surface area contributed by atoms with Crippen molar-refractivity contribution in [2.24, 2.45) is 5.92 Å². The number of methoxy groups -OCH3 is 1. The Hall–Kier alpha value is -1.66. The average Bonchev–Trinajstić information content (AvgIpc) is 2.54. The van der Waals surface area contributed by atoms with Gasteiger partial charge in [0.2, 0.25) is 10.0 Å². The second-order valence-electron chi connectivity index (χ2n) is 5.90. The molecule has 0 aliphatic carbocycles. The molecule has 2 atom stereocenters. The number of nitrogens with one attached hydrogen (secondary N) is 1. The van der Waals surface area contributed by atoms with Gasteiger partial charge in [-0.05, 0) is 31.4 Å². The van der Waals surface area contributed by atoms with Crippen molar-refractivity contribution < 1.29 is 17.9 Å². The highest BCUT2D eigenvalue weighted by Crippen LogP contribution is 2.17. The lowest BCUT2D eigenvalue weighted by molar-refractivity contribution is -0.139. The maximum atomic E-state index is 12.6. The number of aryl methyl sites for hydroxylation is 1. The molecule has 1 aromatic carbocycles. The molecular weight excluding hydrogens is 326 g/mol. The third-order valence-electron chi connectivity index (χ3n) is 3.82. The topological polar surface area (TPSA) is 72.5 Å². The first-order valence-electron chi connectivity index (χ1n) is 8.12. The zero-order valence-electron chi connectivity index (χ0n) is 14.8. The fourth-order valence-corrected chi connectivity index (χ4v) is 3.68. The van der Waals surface area contributed by atoms with Crippen LogP contribution in [0.4, 0.5) is 0 Å². The zero-order valence-corrected chi connectivity index (χ0v) is 15.6. The molecule has 0 bridgehead atoms. The highest BCUT2D eigenvalue weighted by molar-refractivity contribution is 7.89. The zero-order chi connectivity index (χ0) is 18.2. The van der Waals surface area contributed by atoms with Crippen LogP contribution >= 0.6 is 0 Å². The van der Waals surface area contributed by atoms with Crippen LogP contribution in [0, 0.1) is 12.8 Å². The molecule has 0 unspecified atom stereocenters. The molecule has 0 heterocycles. The number of rotatable bonds is 9. The van der Waals surface area contributed by atoms with Crippen molar-refractivity contribution in [2.45, 2.75) is 51.0 Å². The molecule has 0 saturated carbocycles. The molecule has 0 aliphatic rings. The predicted octanol–water partition coefficient (Wildman–Crippen LogP) is 3.20. The molecule has 0 amide bonds. The Morgan fingerprint density at radius 1 is 1.29 bits per heavy atom. The summed E-state index contributed by atoms with van der Waals surface area (Å²) in [4.78, 5) is 11.4. The fourth-order valence-electron chi connectivity index (χ4n) is 2.32. The molecule has 134 valence electrons. The van der Waals surface area contributed by atoms with Crippen molar-refractivity contribution in [3.63, 3.8) is 0 Å². The number of carbonyl (C=O) groups is 1. The Labute approximate surface area is 145 Å². The summed E-state index contributed by atoms with van der Waals surface area (Å²) >= 11 is 0. The summed E-state index contributed by atoms with van der Waals surface area (Å²) in [6, 6.07) is 6.55. The molecule has 1 N–H and O–H groups in total. The molecule has 24 heavy (non-hydrogen) atoms. The van der Waals surface area contributed by atoms with Crippen LogP contribution in [0.5, 0.6) is 0 Å². The normalized spacial score (nSPS) is 14.5. The van der Waals surface area contributed by atoms with Gasteiger partial charge in [-0.2, -0.15) is 0 Å². The van der Waals surface area contributed by atoms with Crippen LogP contribution in [0.15, 0.2) is 41.3 Å². The summed E-state index contributed by atoms with van der Waals surface area (Å²) in [5, 5.41) is 0. The van der Waals surface area contributed by atoms with Gasteiger partial charge in [0.1, 0.15) is 0 Å². The number of hydrogen-bond acceptors (Lipinski definition) is 4. The van der Waals surface area contributed by atoms with Crippen molar-refractivity contribution in [2.75, 3.05) is 7.11 Å². The van der Waals surface area contributed by atoms with Crippen molar-refractivity contribution >= 4 is 16.0 Å². The number of ether oxygens (including phenoxy) is 1. The standard InChI is InChI=1S/C18H27NO4S/c1-5-7-17(15(3)8-6-9-18(20)23-4)19-24(21,22)16-12-10-14(2)11-13-16/h6,8,10-13,15,17,19H,5,7,9H2,1-4H3/b8-6+/t15-,17-/m0/s1. The van der Waals surface area contributed by atoms with Crippen LogP contribution in [0.2, 0.25) is 0 Å². The first-order chi connectivity index (χ1) is 11.3. The van der Waals surface area contributed by atoms with Gasteiger partial charge in [-0.25, -0.2) is 13.1 Å². The molecule has 1 rings (SSSR count). The molecule has 5 nitrogen and oxygen atoms in total. The predicted molar refractivity (Wildman–Crippen MR) is 95.1 cm³/mol. The van der Waals surface area contributed by atoms with Gasteiger partial charge in [-0.1, -0.05) is 50.1 Å². The number of carbonyl (C=O) groups excluding carboxylic acids is 1. The molecule has 6 heteroatoms. The molecule has 0 aromatic heterocycles. The second kappa shape index (κ2) is 9.59. The quantitative estimate of drug-likeness (QED) is 0.546. The summed E-state index contributed by atoms with van der Waals surface area (Å²) < 4.78 is 32.5. The van der Waals surface area contributed by atoms with Crippen molar-refractivity contribution in [3.8, 4) is 0 Å². The van der Waals surface area contributed by atoms with Gasteiger partial charge in [0.05, 0.1) is 18.4 Å². The van der Waals surface area contributed by atoms with E-state index < -0.39 is 10.0 Å². The lowest BCUT2D eigenvalue weighted by atomic mass is 9.98. The van der Waals surface area contributed by atoms with E-state index >= 15 is 0 Å². The van der Waals surface area contributed by atoms with E-state index in [1.54, 1.807) is 30.3 Å². The Balaban J connectivity index is 2.83. The third kappa shape index (κ3) is 6.45. The van der Waals surface area contributed by atoms with E-state index in [9.17, 15) is 13.2 Å². The van der Waals surface area contributed by atoms with E-state index in [4.69, 9.17) is 0 Å². The highest BCUT2D eigenvalue weighted by Gasteiger charge is 2.22. The van der Waals surface area contributed by atoms with Gasteiger partial charge in [0.15, 0.2) is 0 Å². The molecular formula is C18H27NO4S. The highest BCUT2D eigenvalue weighted by atomic mass is 32.2. The summed E-state index contributed by atoms with van der Waals surface area (Å²) in [5.74, 6) is -0.347. The van der Waals surface area contributed by atoms with E-state index in [1.807, 2.05) is 26.8 Å². The van der Waals surface area contributed by atoms with Crippen LogP contribution in [0.25, 0.3) is 0 Å². The smallest absolute Gasteiger partial charge is 0.309 e. The molecule has 0 aliphatic heterocycles. The van der Waals surface area contributed by atoms with E-state index in [2.05, 4.69) is 9.46 Å². The van der Waals surface area contributed by atoms with Gasteiger partial charge in [-0.3, -0.25) is 4.79 Å². The Morgan fingerprint density at radius 3 is 2.46 bits per heavy atom. The van der Waals surface area contributed by atoms with Crippen LogP contribution in [0.3, 0.4) is 0 Å². The molecule has 0 radical (unpaired) electrons. The van der Waals surface area contributed by atoms with Crippen molar-refractivity contribution in [3.05, 3.63) is 42.0 Å². The maximum absolute atomic E-state index is 12.6. The number of hydrogen-bond donors (Lipinski definition) is 1. The Bertz CT molecular complexity index is 650. The SMILES string of the molecule is CCC[C@H](NS(=O)(=O)c1ccc(C)cc1)[C@@H](C)/C=C/CC(=O)OC. The molecule has 0 spiro atoms. The van der Waals surface area contributed by atoms with E-state index in [0.29, 0.717) is 0 Å². The number of benzene rings is 1. The summed E-state index contributed by atoms with van der Waals surface area (Å²) in [6.07, 6.45) is 5.34. The minimum absolute atomic E-state index is 0.0326. The largest absolute Gasteiger partial charge is 0.469 e. The minimum Gasteiger partial charge on any atom is -0.469 e. The molecule has 0 fully saturated rings. The lowest BCUT2D eigenvalue weighted by Crippen LogP contribution is -2.38. The Morgan fingerprint density at radius 2 is 1.92 bits per heavy atom. The van der Waals surface area contributed by atoms with Gasteiger partial charge in [0.25, 0.3) is 0 Å². The lowest BCUT2D eigenvalue weighted by Gasteiger charge is -2.22. The van der Waals surface area contributed by atoms with Crippen molar-refractivity contribution in [1.82, 2.24) is 4.72 Å². The second-order valence-corrected chi connectivity index (χ2v) is 7.61. The van der Waals surface area contributed by atoms with Crippen LogP contribution in [-0.2, 0) is 19.6 Å². The van der Waals surface area contributed by atoms with Gasteiger partial charge >= 0.3 is 5.97 Å². The Kier molecular flexibility index (Phi) is 8.15. The summed E-state index contributed by atoms with van der Waals surface area (Å²) in [7, 11) is -2.22. The van der Waals surface area contributed by atoms with Gasteiger partial charge < -0.3 is 4.74 Å². The average molecular weight is 353 g/mol. The maximum Gasteiger partial charge on any atom is 0.309 e. The van der Waals surface area contributed by atoms with Crippen LogP contribution in [0.1, 0.15) is 38.7 Å². The summed E-state index contributed by atoms with van der Waals surface area (Å²) in [6.45, 7) is 5.86. The number of sulfonamides is 1. The van der Waals surface area contributed by atoms with E-state index in [1.165, 1.54) is 7.11 Å². The third-order valence-corrected chi connectivity index (χ3v) is 5.33. The summed E-state index contributed by atoms with van der Waals surface area (Å²) in [5.41, 5.74) is 1.01. The van der Waals surface area contributed by atoms with E-state index in [0.717, 1.165) is 18.4 Å². The number of esters is 1.